The smallest absolute Gasteiger partial charge is 0.256 e. The zero-order chi connectivity index (χ0) is 13.8. The molecule has 2 rings (SSSR count). The summed E-state index contributed by atoms with van der Waals surface area (Å²) in [5.74, 6) is -0.0909. The van der Waals surface area contributed by atoms with E-state index in [9.17, 15) is 4.79 Å². The molecular formula is C15H17N3O. The Hall–Kier alpha value is -2.36. The standard InChI is InChI=1S/C15H17N3O/c1-11-6-7-14(16)13(9-11)15(19)18(2)10-12-5-3-4-8-17-12/h3-9H,10,16H2,1-2H3. The molecular weight excluding hydrogens is 238 g/mol. The van der Waals surface area contributed by atoms with Gasteiger partial charge in [-0.05, 0) is 31.2 Å². The number of pyridine rings is 1. The molecule has 0 aliphatic rings. The van der Waals surface area contributed by atoms with Crippen LogP contribution < -0.4 is 5.73 Å². The van der Waals surface area contributed by atoms with Crippen LogP contribution in [0.1, 0.15) is 21.6 Å². The van der Waals surface area contributed by atoms with Crippen molar-refractivity contribution in [3.05, 3.63) is 59.4 Å². The van der Waals surface area contributed by atoms with Gasteiger partial charge in [-0.1, -0.05) is 17.7 Å². The number of benzene rings is 1. The molecule has 0 spiro atoms. The second-order valence-electron chi connectivity index (χ2n) is 4.57. The summed E-state index contributed by atoms with van der Waals surface area (Å²) in [6, 6.07) is 11.1. The molecule has 1 amide bonds. The average molecular weight is 255 g/mol. The van der Waals surface area contributed by atoms with E-state index >= 15 is 0 Å². The van der Waals surface area contributed by atoms with Crippen LogP contribution in [0.4, 0.5) is 5.69 Å². The Morgan fingerprint density at radius 1 is 1.32 bits per heavy atom. The zero-order valence-corrected chi connectivity index (χ0v) is 11.1. The average Bonchev–Trinajstić information content (AvgIpc) is 2.42. The molecule has 0 unspecified atom stereocenters. The van der Waals surface area contributed by atoms with E-state index in [1.807, 2.05) is 37.3 Å². The van der Waals surface area contributed by atoms with Gasteiger partial charge in [0, 0.05) is 18.9 Å². The van der Waals surface area contributed by atoms with E-state index in [0.29, 0.717) is 17.8 Å². The number of carbonyl (C=O) groups is 1. The lowest BCUT2D eigenvalue weighted by atomic mass is 10.1. The van der Waals surface area contributed by atoms with E-state index in [-0.39, 0.29) is 5.91 Å². The number of hydrogen-bond donors (Lipinski definition) is 1. The molecule has 1 aromatic heterocycles. The third kappa shape index (κ3) is 3.10. The molecule has 4 nitrogen and oxygen atoms in total. The zero-order valence-electron chi connectivity index (χ0n) is 11.1. The maximum atomic E-state index is 12.3. The number of aryl methyl sites for hydroxylation is 1. The molecule has 0 aliphatic heterocycles. The molecule has 4 heteroatoms. The predicted octanol–water partition coefficient (Wildman–Crippen LogP) is 2.24. The van der Waals surface area contributed by atoms with E-state index in [2.05, 4.69) is 4.98 Å². The van der Waals surface area contributed by atoms with Gasteiger partial charge < -0.3 is 10.6 Å². The Labute approximate surface area is 112 Å². The highest BCUT2D eigenvalue weighted by Crippen LogP contribution is 2.16. The summed E-state index contributed by atoms with van der Waals surface area (Å²) in [6.45, 7) is 2.40. The van der Waals surface area contributed by atoms with Gasteiger partial charge in [0.05, 0.1) is 17.8 Å². The fraction of sp³-hybridized carbons (Fsp3) is 0.200. The van der Waals surface area contributed by atoms with Crippen molar-refractivity contribution in [2.75, 3.05) is 12.8 Å². The van der Waals surface area contributed by atoms with Gasteiger partial charge in [-0.25, -0.2) is 0 Å². The largest absolute Gasteiger partial charge is 0.398 e. The van der Waals surface area contributed by atoms with Gasteiger partial charge in [-0.15, -0.1) is 0 Å². The van der Waals surface area contributed by atoms with Crippen molar-refractivity contribution in [1.82, 2.24) is 9.88 Å². The summed E-state index contributed by atoms with van der Waals surface area (Å²) in [5, 5.41) is 0. The van der Waals surface area contributed by atoms with Gasteiger partial charge in [0.1, 0.15) is 0 Å². The first-order chi connectivity index (χ1) is 9.08. The Balaban J connectivity index is 2.17. The maximum absolute atomic E-state index is 12.3. The lowest BCUT2D eigenvalue weighted by Crippen LogP contribution is -2.27. The molecule has 0 radical (unpaired) electrons. The second-order valence-corrected chi connectivity index (χ2v) is 4.57. The monoisotopic (exact) mass is 255 g/mol. The molecule has 0 saturated carbocycles. The first kappa shape index (κ1) is 13.1. The number of nitrogens with two attached hydrogens (primary N) is 1. The Morgan fingerprint density at radius 2 is 2.11 bits per heavy atom. The first-order valence-electron chi connectivity index (χ1n) is 6.09. The van der Waals surface area contributed by atoms with E-state index in [4.69, 9.17) is 5.73 Å². The molecule has 0 fully saturated rings. The predicted molar refractivity (Wildman–Crippen MR) is 75.6 cm³/mol. The quantitative estimate of drug-likeness (QED) is 0.856. The molecule has 1 aromatic carbocycles. The van der Waals surface area contributed by atoms with Gasteiger partial charge >= 0.3 is 0 Å². The summed E-state index contributed by atoms with van der Waals surface area (Å²) in [4.78, 5) is 18.2. The molecule has 98 valence electrons. The highest BCUT2D eigenvalue weighted by Gasteiger charge is 2.15. The Kier molecular flexibility index (Phi) is 3.80. The Morgan fingerprint density at radius 3 is 2.79 bits per heavy atom. The number of carbonyl (C=O) groups excluding carboxylic acids is 1. The maximum Gasteiger partial charge on any atom is 0.256 e. The van der Waals surface area contributed by atoms with Crippen LogP contribution >= 0.6 is 0 Å². The van der Waals surface area contributed by atoms with Crippen LogP contribution in [0, 0.1) is 6.92 Å². The lowest BCUT2D eigenvalue weighted by molar-refractivity contribution is 0.0784. The lowest BCUT2D eigenvalue weighted by Gasteiger charge is -2.18. The molecule has 0 bridgehead atoms. The highest BCUT2D eigenvalue weighted by molar-refractivity contribution is 5.99. The first-order valence-corrected chi connectivity index (χ1v) is 6.09. The van der Waals surface area contributed by atoms with E-state index < -0.39 is 0 Å². The normalized spacial score (nSPS) is 10.2. The number of amides is 1. The molecule has 1 heterocycles. The van der Waals surface area contributed by atoms with Crippen molar-refractivity contribution in [1.29, 1.82) is 0 Å². The Bertz CT molecular complexity index is 581. The van der Waals surface area contributed by atoms with Gasteiger partial charge in [-0.2, -0.15) is 0 Å². The van der Waals surface area contributed by atoms with Crippen molar-refractivity contribution < 1.29 is 4.79 Å². The fourth-order valence-electron chi connectivity index (χ4n) is 1.87. The van der Waals surface area contributed by atoms with Crippen LogP contribution in [-0.2, 0) is 6.54 Å². The van der Waals surface area contributed by atoms with Crippen molar-refractivity contribution in [2.45, 2.75) is 13.5 Å². The second kappa shape index (κ2) is 5.52. The highest BCUT2D eigenvalue weighted by atomic mass is 16.2. The van der Waals surface area contributed by atoms with Gasteiger partial charge in [0.25, 0.3) is 5.91 Å². The van der Waals surface area contributed by atoms with Gasteiger partial charge in [0.2, 0.25) is 0 Å². The van der Waals surface area contributed by atoms with Gasteiger partial charge in [0.15, 0.2) is 0 Å². The van der Waals surface area contributed by atoms with E-state index in [1.165, 1.54) is 0 Å². The van der Waals surface area contributed by atoms with Crippen molar-refractivity contribution in [3.63, 3.8) is 0 Å². The van der Waals surface area contributed by atoms with Crippen molar-refractivity contribution >= 4 is 11.6 Å². The number of anilines is 1. The van der Waals surface area contributed by atoms with E-state index in [1.54, 1.807) is 24.2 Å². The molecule has 0 saturated heterocycles. The minimum Gasteiger partial charge on any atom is -0.398 e. The van der Waals surface area contributed by atoms with Crippen LogP contribution in [0.25, 0.3) is 0 Å². The molecule has 19 heavy (non-hydrogen) atoms. The van der Waals surface area contributed by atoms with Crippen LogP contribution in [0.15, 0.2) is 42.6 Å². The number of hydrogen-bond acceptors (Lipinski definition) is 3. The summed E-state index contributed by atoms with van der Waals surface area (Å²) in [7, 11) is 1.75. The summed E-state index contributed by atoms with van der Waals surface area (Å²) in [5.41, 5.74) is 8.77. The van der Waals surface area contributed by atoms with Gasteiger partial charge in [-0.3, -0.25) is 9.78 Å². The third-order valence-electron chi connectivity index (χ3n) is 2.91. The summed E-state index contributed by atoms with van der Waals surface area (Å²) < 4.78 is 0. The minimum atomic E-state index is -0.0909. The SMILES string of the molecule is Cc1ccc(N)c(C(=O)N(C)Cc2ccccn2)c1. The molecule has 0 aliphatic carbocycles. The summed E-state index contributed by atoms with van der Waals surface area (Å²) >= 11 is 0. The number of nitrogens with zero attached hydrogens (tertiary/aromatic N) is 2. The van der Waals surface area contributed by atoms with E-state index in [0.717, 1.165) is 11.3 Å². The molecule has 0 atom stereocenters. The molecule has 2 aromatic rings. The summed E-state index contributed by atoms with van der Waals surface area (Å²) in [6.07, 6.45) is 1.72. The van der Waals surface area contributed by atoms with Crippen molar-refractivity contribution in [3.8, 4) is 0 Å². The van der Waals surface area contributed by atoms with Crippen molar-refractivity contribution in [2.24, 2.45) is 0 Å². The van der Waals surface area contributed by atoms with Crippen LogP contribution in [0.3, 0.4) is 0 Å². The topological polar surface area (TPSA) is 59.2 Å². The third-order valence-corrected chi connectivity index (χ3v) is 2.91. The fourth-order valence-corrected chi connectivity index (χ4v) is 1.87. The molecule has 2 N–H and O–H groups in total. The number of nitrogen functional groups attached to an aromatic ring is 1. The minimum absolute atomic E-state index is 0.0909. The van der Waals surface area contributed by atoms with Crippen LogP contribution in [-0.4, -0.2) is 22.8 Å². The van der Waals surface area contributed by atoms with Crippen LogP contribution in [0.2, 0.25) is 0 Å². The van der Waals surface area contributed by atoms with Crippen LogP contribution in [0.5, 0.6) is 0 Å². The number of rotatable bonds is 3. The number of aromatic nitrogens is 1.